The van der Waals surface area contributed by atoms with Gasteiger partial charge in [-0.25, -0.2) is 0 Å². The first-order valence-electron chi connectivity index (χ1n) is 7.28. The minimum atomic E-state index is -0.906. The summed E-state index contributed by atoms with van der Waals surface area (Å²) in [5.41, 5.74) is 1.83. The van der Waals surface area contributed by atoms with Gasteiger partial charge < -0.3 is 10.4 Å². The Morgan fingerprint density at radius 2 is 1.76 bits per heavy atom. The summed E-state index contributed by atoms with van der Waals surface area (Å²) in [6.45, 7) is 4.13. The second-order valence-electron chi connectivity index (χ2n) is 5.73. The van der Waals surface area contributed by atoms with Crippen LogP contribution in [0.3, 0.4) is 0 Å². The van der Waals surface area contributed by atoms with E-state index in [9.17, 15) is 14.7 Å². The molecule has 2 N–H and O–H groups in total. The maximum atomic E-state index is 12.4. The Balaban J connectivity index is 2.18. The highest BCUT2D eigenvalue weighted by Crippen LogP contribution is 2.29. The minimum Gasteiger partial charge on any atom is -0.481 e. The van der Waals surface area contributed by atoms with Gasteiger partial charge in [0.25, 0.3) is 0 Å². The summed E-state index contributed by atoms with van der Waals surface area (Å²) < 4.78 is 0. The van der Waals surface area contributed by atoms with Crippen LogP contribution >= 0.6 is 0 Å². The molecule has 1 amide bonds. The molecule has 4 nitrogen and oxygen atoms in total. The number of anilines is 1. The Labute approximate surface area is 124 Å². The zero-order chi connectivity index (χ0) is 15.4. The number of rotatable bonds is 4. The number of amides is 1. The number of benzene rings is 1. The molecule has 0 heterocycles. The molecule has 112 valence electrons. The highest BCUT2D eigenvalue weighted by Gasteiger charge is 2.34. The van der Waals surface area contributed by atoms with Gasteiger partial charge in [-0.2, -0.15) is 0 Å². The van der Waals surface area contributed by atoms with Crippen molar-refractivity contribution in [3.63, 3.8) is 0 Å². The molecule has 0 spiro atoms. The van der Waals surface area contributed by atoms with Gasteiger partial charge in [-0.15, -0.1) is 0 Å². The lowest BCUT2D eigenvalue weighted by molar-refractivity contribution is -0.146. The first-order chi connectivity index (χ1) is 10.0. The van der Waals surface area contributed by atoms with Crippen LogP contribution in [0.5, 0.6) is 0 Å². The second-order valence-corrected chi connectivity index (χ2v) is 5.73. The van der Waals surface area contributed by atoms with Crippen LogP contribution in [-0.4, -0.2) is 17.0 Å². The van der Waals surface area contributed by atoms with Crippen LogP contribution in [0.15, 0.2) is 36.4 Å². The van der Waals surface area contributed by atoms with Gasteiger partial charge in [0, 0.05) is 5.69 Å². The fraction of sp³-hybridized carbons (Fsp3) is 0.412. The smallest absolute Gasteiger partial charge is 0.307 e. The number of nitrogens with one attached hydrogen (secondary N) is 1. The molecular formula is C17H21NO3. The number of carboxylic acid groups (broad SMARTS) is 1. The average Bonchev–Trinajstić information content (AvgIpc) is 2.47. The molecule has 2 rings (SSSR count). The number of carbonyl (C=O) groups is 2. The maximum absolute atomic E-state index is 12.4. The fourth-order valence-electron chi connectivity index (χ4n) is 2.72. The Kier molecular flexibility index (Phi) is 4.78. The molecule has 4 heteroatoms. The first-order valence-corrected chi connectivity index (χ1v) is 7.28. The van der Waals surface area contributed by atoms with Crippen LogP contribution in [0, 0.1) is 11.8 Å². The zero-order valence-electron chi connectivity index (χ0n) is 12.4. The van der Waals surface area contributed by atoms with Gasteiger partial charge in [0.1, 0.15) is 0 Å². The van der Waals surface area contributed by atoms with Crippen molar-refractivity contribution >= 4 is 17.6 Å². The van der Waals surface area contributed by atoms with E-state index in [0.717, 1.165) is 11.3 Å². The van der Waals surface area contributed by atoms with Gasteiger partial charge in [-0.05, 0) is 30.4 Å². The molecule has 21 heavy (non-hydrogen) atoms. The summed E-state index contributed by atoms with van der Waals surface area (Å²) in [5, 5.41) is 12.2. The predicted octanol–water partition coefficient (Wildman–Crippen LogP) is 3.42. The largest absolute Gasteiger partial charge is 0.481 e. The molecule has 2 unspecified atom stereocenters. The van der Waals surface area contributed by atoms with Crippen LogP contribution in [0.1, 0.15) is 38.2 Å². The van der Waals surface area contributed by atoms with Crippen molar-refractivity contribution < 1.29 is 14.7 Å². The van der Waals surface area contributed by atoms with Crippen LogP contribution < -0.4 is 5.32 Å². The first kappa shape index (κ1) is 15.3. The molecule has 2 atom stereocenters. The van der Waals surface area contributed by atoms with Crippen LogP contribution in [0.4, 0.5) is 5.69 Å². The van der Waals surface area contributed by atoms with Crippen molar-refractivity contribution in [2.24, 2.45) is 11.8 Å². The Morgan fingerprint density at radius 1 is 1.14 bits per heavy atom. The molecule has 0 saturated carbocycles. The lowest BCUT2D eigenvalue weighted by Crippen LogP contribution is -2.35. The third-order valence-corrected chi connectivity index (χ3v) is 3.93. The van der Waals surface area contributed by atoms with E-state index in [0.29, 0.717) is 18.8 Å². The van der Waals surface area contributed by atoms with Gasteiger partial charge >= 0.3 is 5.97 Å². The molecule has 0 saturated heterocycles. The molecule has 0 radical (unpaired) electrons. The number of para-hydroxylation sites is 1. The molecule has 1 aliphatic rings. The van der Waals surface area contributed by atoms with Gasteiger partial charge in [0.15, 0.2) is 0 Å². The number of carbonyl (C=O) groups excluding carboxylic acids is 1. The van der Waals surface area contributed by atoms with Crippen molar-refractivity contribution in [2.75, 3.05) is 5.32 Å². The number of allylic oxidation sites excluding steroid dienone is 2. The van der Waals surface area contributed by atoms with Crippen molar-refractivity contribution in [2.45, 2.75) is 32.6 Å². The molecule has 1 aromatic carbocycles. The highest BCUT2D eigenvalue weighted by atomic mass is 16.4. The molecule has 0 bridgehead atoms. The zero-order valence-corrected chi connectivity index (χ0v) is 12.4. The van der Waals surface area contributed by atoms with E-state index in [4.69, 9.17) is 0 Å². The topological polar surface area (TPSA) is 66.4 Å². The van der Waals surface area contributed by atoms with Crippen LogP contribution in [-0.2, 0) is 9.59 Å². The molecule has 1 aromatic rings. The lowest BCUT2D eigenvalue weighted by atomic mass is 9.82. The molecule has 1 aliphatic carbocycles. The monoisotopic (exact) mass is 287 g/mol. The number of hydrogen-bond donors (Lipinski definition) is 2. The standard InChI is InChI=1S/C17H21NO3/c1-11(2)12-7-5-6-10-15(12)18-16(19)13-8-3-4-9-14(13)17(20)21/h3-7,10-11,13-14H,8-9H2,1-2H3,(H,18,19)(H,20,21). The second kappa shape index (κ2) is 6.57. The summed E-state index contributed by atoms with van der Waals surface area (Å²) in [5.74, 6) is -1.96. The van der Waals surface area contributed by atoms with E-state index in [1.807, 2.05) is 36.4 Å². The van der Waals surface area contributed by atoms with Gasteiger partial charge in [0.05, 0.1) is 11.8 Å². The quantitative estimate of drug-likeness (QED) is 0.834. The maximum Gasteiger partial charge on any atom is 0.307 e. The third-order valence-electron chi connectivity index (χ3n) is 3.93. The lowest BCUT2D eigenvalue weighted by Gasteiger charge is -2.25. The fourth-order valence-corrected chi connectivity index (χ4v) is 2.72. The minimum absolute atomic E-state index is 0.208. The summed E-state index contributed by atoms with van der Waals surface area (Å²) in [7, 11) is 0. The Morgan fingerprint density at radius 3 is 2.38 bits per heavy atom. The average molecular weight is 287 g/mol. The highest BCUT2D eigenvalue weighted by molar-refractivity contribution is 5.96. The van der Waals surface area contributed by atoms with E-state index in [1.54, 1.807) is 0 Å². The molecule has 0 aromatic heterocycles. The van der Waals surface area contributed by atoms with Crippen molar-refractivity contribution in [1.82, 2.24) is 0 Å². The Bertz CT molecular complexity index is 563. The predicted molar refractivity (Wildman–Crippen MR) is 82.2 cm³/mol. The number of aliphatic carboxylic acids is 1. The van der Waals surface area contributed by atoms with Crippen molar-refractivity contribution in [3.05, 3.63) is 42.0 Å². The SMILES string of the molecule is CC(C)c1ccccc1NC(=O)C1CC=CCC1C(=O)O. The summed E-state index contributed by atoms with van der Waals surface area (Å²) in [6, 6.07) is 7.66. The summed E-state index contributed by atoms with van der Waals surface area (Å²) in [6.07, 6.45) is 4.62. The van der Waals surface area contributed by atoms with Gasteiger partial charge in [-0.1, -0.05) is 44.2 Å². The van der Waals surface area contributed by atoms with E-state index in [1.165, 1.54) is 0 Å². The molecular weight excluding hydrogens is 266 g/mol. The number of hydrogen-bond acceptors (Lipinski definition) is 2. The van der Waals surface area contributed by atoms with E-state index < -0.39 is 17.8 Å². The van der Waals surface area contributed by atoms with Crippen molar-refractivity contribution in [1.29, 1.82) is 0 Å². The normalized spacial score (nSPS) is 21.3. The van der Waals surface area contributed by atoms with E-state index >= 15 is 0 Å². The van der Waals surface area contributed by atoms with E-state index in [2.05, 4.69) is 19.2 Å². The van der Waals surface area contributed by atoms with Crippen molar-refractivity contribution in [3.8, 4) is 0 Å². The molecule has 0 aliphatic heterocycles. The summed E-state index contributed by atoms with van der Waals surface area (Å²) >= 11 is 0. The van der Waals surface area contributed by atoms with Crippen LogP contribution in [0.2, 0.25) is 0 Å². The summed E-state index contributed by atoms with van der Waals surface area (Å²) in [4.78, 5) is 23.7. The number of carboxylic acids is 1. The Hall–Kier alpha value is -2.10. The van der Waals surface area contributed by atoms with E-state index in [-0.39, 0.29) is 5.91 Å². The van der Waals surface area contributed by atoms with Gasteiger partial charge in [-0.3, -0.25) is 9.59 Å². The third kappa shape index (κ3) is 3.51. The van der Waals surface area contributed by atoms with Gasteiger partial charge in [0.2, 0.25) is 5.91 Å². The molecule has 0 fully saturated rings. The van der Waals surface area contributed by atoms with Crippen LogP contribution in [0.25, 0.3) is 0 Å².